The van der Waals surface area contributed by atoms with Crippen LogP contribution < -0.4 is 5.32 Å². The van der Waals surface area contributed by atoms with Crippen LogP contribution in [-0.4, -0.2) is 33.0 Å². The number of allylic oxidation sites excluding steroid dienone is 1. The van der Waals surface area contributed by atoms with Crippen LogP contribution in [-0.2, 0) is 0 Å². The summed E-state index contributed by atoms with van der Waals surface area (Å²) in [6.45, 7) is 7.32. The highest BCUT2D eigenvalue weighted by Crippen LogP contribution is 2.38. The molecule has 0 bridgehead atoms. The molecule has 1 aromatic heterocycles. The van der Waals surface area contributed by atoms with Crippen LogP contribution in [0.5, 0.6) is 0 Å². The molecule has 2 aromatic carbocycles. The Balaban J connectivity index is 1.76. The van der Waals surface area contributed by atoms with E-state index in [0.717, 1.165) is 35.4 Å². The Morgan fingerprint density at radius 1 is 1.15 bits per heavy atom. The number of thiocarbonyl (C=S) groups is 1. The number of thioether (sulfide) groups is 1. The molecule has 3 aromatic rings. The number of hydrogen-bond acceptors (Lipinski definition) is 5. The predicted molar refractivity (Wildman–Crippen MR) is 140 cm³/mol. The van der Waals surface area contributed by atoms with Crippen molar-refractivity contribution in [2.24, 2.45) is 5.92 Å². The summed E-state index contributed by atoms with van der Waals surface area (Å²) in [5.74, 6) is 1.62. The van der Waals surface area contributed by atoms with E-state index in [0.29, 0.717) is 27.8 Å². The highest BCUT2D eigenvalue weighted by atomic mass is 35.5. The maximum atomic E-state index is 6.14. The van der Waals surface area contributed by atoms with Crippen LogP contribution in [0.15, 0.2) is 63.6 Å². The third-order valence-corrected chi connectivity index (χ3v) is 7.07. The van der Waals surface area contributed by atoms with Crippen molar-refractivity contribution >= 4 is 46.3 Å². The van der Waals surface area contributed by atoms with Crippen LogP contribution in [0.1, 0.15) is 44.7 Å². The molecule has 1 aliphatic rings. The number of nitrogens with zero attached hydrogens (tertiary/aromatic N) is 3. The van der Waals surface area contributed by atoms with Crippen LogP contribution in [0, 0.1) is 5.92 Å². The summed E-state index contributed by atoms with van der Waals surface area (Å²) in [6.07, 6.45) is 3.08. The number of aromatic nitrogens is 2. The molecule has 4 rings (SSSR count). The van der Waals surface area contributed by atoms with E-state index in [1.54, 1.807) is 11.8 Å². The Kier molecular flexibility index (Phi) is 7.41. The van der Waals surface area contributed by atoms with Gasteiger partial charge < -0.3 is 14.7 Å². The number of nitrogens with one attached hydrogen (secondary N) is 1. The van der Waals surface area contributed by atoms with Gasteiger partial charge >= 0.3 is 0 Å². The Morgan fingerprint density at radius 2 is 1.85 bits per heavy atom. The third-order valence-electron chi connectivity index (χ3n) is 5.73. The van der Waals surface area contributed by atoms with Gasteiger partial charge in [-0.3, -0.25) is 0 Å². The van der Waals surface area contributed by atoms with E-state index in [2.05, 4.69) is 54.5 Å². The van der Waals surface area contributed by atoms with E-state index < -0.39 is 0 Å². The summed E-state index contributed by atoms with van der Waals surface area (Å²) in [5.41, 5.74) is 3.89. The minimum Gasteiger partial charge on any atom is -0.351 e. The normalized spacial score (nSPS) is 16.5. The van der Waals surface area contributed by atoms with E-state index in [4.69, 9.17) is 33.3 Å². The molecule has 1 N–H and O–H groups in total. The topological polar surface area (TPSA) is 54.2 Å². The van der Waals surface area contributed by atoms with E-state index >= 15 is 0 Å². The molecule has 2 heterocycles. The van der Waals surface area contributed by atoms with Gasteiger partial charge in [0.25, 0.3) is 5.89 Å². The monoisotopic (exact) mass is 498 g/mol. The maximum Gasteiger partial charge on any atom is 0.258 e. The quantitative estimate of drug-likeness (QED) is 0.283. The molecule has 8 heteroatoms. The van der Waals surface area contributed by atoms with Crippen LogP contribution in [0.4, 0.5) is 0 Å². The molecule has 0 amide bonds. The van der Waals surface area contributed by atoms with Gasteiger partial charge in [-0.1, -0.05) is 42.7 Å². The highest BCUT2D eigenvalue weighted by molar-refractivity contribution is 7.98. The van der Waals surface area contributed by atoms with Gasteiger partial charge in [-0.15, -0.1) is 11.8 Å². The second-order valence-electron chi connectivity index (χ2n) is 8.42. The molecule has 33 heavy (non-hydrogen) atoms. The lowest BCUT2D eigenvalue weighted by molar-refractivity contribution is 0.390. The van der Waals surface area contributed by atoms with Gasteiger partial charge in [-0.2, -0.15) is 4.98 Å². The average Bonchev–Trinajstić information content (AvgIpc) is 3.28. The molecule has 1 unspecified atom stereocenters. The van der Waals surface area contributed by atoms with Crippen molar-refractivity contribution in [2.45, 2.75) is 38.1 Å². The van der Waals surface area contributed by atoms with Crippen molar-refractivity contribution in [1.82, 2.24) is 20.4 Å². The first-order valence-corrected chi connectivity index (χ1v) is 12.9. The molecule has 172 valence electrons. The zero-order chi connectivity index (χ0) is 23.5. The summed E-state index contributed by atoms with van der Waals surface area (Å²) in [7, 11) is 0. The van der Waals surface area contributed by atoms with Crippen molar-refractivity contribution in [3.8, 4) is 11.4 Å². The summed E-state index contributed by atoms with van der Waals surface area (Å²) in [5, 5.41) is 9.16. The number of benzene rings is 2. The fourth-order valence-electron chi connectivity index (χ4n) is 3.81. The molecule has 0 spiro atoms. The average molecular weight is 499 g/mol. The SMILES string of the molecule is CSc1ccc(-c2noc(C3=C(C)N(CCC(C)C)C(=S)NC3c3ccc(Cl)cc3)n2)cc1. The van der Waals surface area contributed by atoms with Crippen molar-refractivity contribution in [2.75, 3.05) is 12.8 Å². The smallest absolute Gasteiger partial charge is 0.258 e. The lowest BCUT2D eigenvalue weighted by Gasteiger charge is -2.37. The molecule has 0 aliphatic carbocycles. The molecule has 0 fully saturated rings. The fourth-order valence-corrected chi connectivity index (χ4v) is 4.69. The standard InChI is InChI=1S/C25H27ClN4OS2/c1-15(2)13-14-30-16(3)21(22(27-25(30)32)17-5-9-19(26)10-6-17)24-28-23(29-31-24)18-7-11-20(33-4)12-8-18/h5-12,15,22H,13-14H2,1-4H3,(H,27,32). The number of rotatable bonds is 7. The first-order valence-electron chi connectivity index (χ1n) is 10.9. The lowest BCUT2D eigenvalue weighted by Crippen LogP contribution is -2.46. The number of halogens is 1. The van der Waals surface area contributed by atoms with Gasteiger partial charge in [0, 0.05) is 27.7 Å². The second kappa shape index (κ2) is 10.3. The third kappa shape index (κ3) is 5.26. The number of hydrogen-bond donors (Lipinski definition) is 1. The minimum atomic E-state index is -0.211. The largest absolute Gasteiger partial charge is 0.351 e. The zero-order valence-corrected chi connectivity index (χ0v) is 21.5. The van der Waals surface area contributed by atoms with E-state index in [1.807, 2.05) is 36.4 Å². The summed E-state index contributed by atoms with van der Waals surface area (Å²) >= 11 is 13.6. The first-order chi connectivity index (χ1) is 15.9. The van der Waals surface area contributed by atoms with Crippen LogP contribution >= 0.6 is 35.6 Å². The van der Waals surface area contributed by atoms with Crippen LogP contribution in [0.2, 0.25) is 5.02 Å². The molecular weight excluding hydrogens is 472 g/mol. The van der Waals surface area contributed by atoms with Gasteiger partial charge in [0.2, 0.25) is 5.82 Å². The Bertz CT molecular complexity index is 1160. The Labute approximate surface area is 209 Å². The molecule has 5 nitrogen and oxygen atoms in total. The lowest BCUT2D eigenvalue weighted by atomic mass is 9.94. The molecule has 1 aliphatic heterocycles. The molecule has 1 atom stereocenters. The minimum absolute atomic E-state index is 0.211. The van der Waals surface area contributed by atoms with E-state index in [9.17, 15) is 0 Å². The Hall–Kier alpha value is -2.35. The van der Waals surface area contributed by atoms with Crippen molar-refractivity contribution < 1.29 is 4.52 Å². The molecule has 0 saturated carbocycles. The van der Waals surface area contributed by atoms with Gasteiger partial charge in [0.05, 0.1) is 11.6 Å². The molecular formula is C25H27ClN4OS2. The van der Waals surface area contributed by atoms with Crippen LogP contribution in [0.25, 0.3) is 17.0 Å². The first kappa shape index (κ1) is 23.8. The highest BCUT2D eigenvalue weighted by Gasteiger charge is 2.34. The van der Waals surface area contributed by atoms with Crippen molar-refractivity contribution in [3.05, 3.63) is 70.7 Å². The van der Waals surface area contributed by atoms with Gasteiger partial charge in [-0.05, 0) is 79.7 Å². The van der Waals surface area contributed by atoms with Gasteiger partial charge in [0.15, 0.2) is 5.11 Å². The summed E-state index contributed by atoms with van der Waals surface area (Å²) in [4.78, 5) is 8.10. The van der Waals surface area contributed by atoms with Gasteiger partial charge in [0.1, 0.15) is 0 Å². The summed E-state index contributed by atoms with van der Waals surface area (Å²) in [6, 6.07) is 15.7. The predicted octanol–water partition coefficient (Wildman–Crippen LogP) is 6.82. The van der Waals surface area contributed by atoms with E-state index in [-0.39, 0.29) is 6.04 Å². The summed E-state index contributed by atoms with van der Waals surface area (Å²) < 4.78 is 5.81. The van der Waals surface area contributed by atoms with Crippen molar-refractivity contribution in [3.63, 3.8) is 0 Å². The van der Waals surface area contributed by atoms with Gasteiger partial charge in [-0.25, -0.2) is 0 Å². The van der Waals surface area contributed by atoms with E-state index in [1.165, 1.54) is 4.90 Å². The fraction of sp³-hybridized carbons (Fsp3) is 0.320. The Morgan fingerprint density at radius 3 is 2.48 bits per heavy atom. The second-order valence-corrected chi connectivity index (χ2v) is 10.1. The molecule has 0 radical (unpaired) electrons. The maximum absolute atomic E-state index is 6.14. The zero-order valence-electron chi connectivity index (χ0n) is 19.1. The van der Waals surface area contributed by atoms with Crippen LogP contribution in [0.3, 0.4) is 0 Å². The molecule has 0 saturated heterocycles. The van der Waals surface area contributed by atoms with Crippen molar-refractivity contribution in [1.29, 1.82) is 0 Å².